The summed E-state index contributed by atoms with van der Waals surface area (Å²) in [6.45, 7) is 0.287. The third-order valence-electron chi connectivity index (χ3n) is 2.29. The van der Waals surface area contributed by atoms with E-state index in [0.29, 0.717) is 5.56 Å². The van der Waals surface area contributed by atoms with E-state index in [-0.39, 0.29) is 23.7 Å². The van der Waals surface area contributed by atoms with E-state index in [1.807, 2.05) is 0 Å². The molecule has 0 atom stereocenters. The largest absolute Gasteiger partial charge is 0.477 e. The number of halogens is 1. The van der Waals surface area contributed by atoms with Gasteiger partial charge in [0.1, 0.15) is 23.5 Å². The minimum Gasteiger partial charge on any atom is -0.477 e. The number of carboxylic acids is 1. The van der Waals surface area contributed by atoms with E-state index in [0.717, 1.165) is 0 Å². The van der Waals surface area contributed by atoms with E-state index in [1.165, 1.54) is 24.7 Å². The Kier molecular flexibility index (Phi) is 3.47. The van der Waals surface area contributed by atoms with E-state index >= 15 is 0 Å². The fourth-order valence-electron chi connectivity index (χ4n) is 1.46. The number of hydrogen-bond donors (Lipinski definition) is 2. The zero-order chi connectivity index (χ0) is 13.0. The topological polar surface area (TPSA) is 75.1 Å². The van der Waals surface area contributed by atoms with E-state index < -0.39 is 5.97 Å². The lowest BCUT2D eigenvalue weighted by molar-refractivity contribution is 0.0697. The molecule has 92 valence electrons. The van der Waals surface area contributed by atoms with Crippen molar-refractivity contribution in [1.82, 2.24) is 9.97 Å². The maximum absolute atomic E-state index is 13.0. The summed E-state index contributed by atoms with van der Waals surface area (Å²) in [6, 6.07) is 6.04. The molecule has 2 rings (SSSR count). The van der Waals surface area contributed by atoms with Gasteiger partial charge in [0, 0.05) is 12.7 Å². The summed E-state index contributed by atoms with van der Waals surface area (Å²) >= 11 is 0. The minimum atomic E-state index is -1.11. The molecule has 0 aliphatic heterocycles. The Morgan fingerprint density at radius 1 is 1.44 bits per heavy atom. The predicted molar refractivity (Wildman–Crippen MR) is 62.7 cm³/mol. The summed E-state index contributed by atoms with van der Waals surface area (Å²) in [7, 11) is 0. The molecule has 2 N–H and O–H groups in total. The molecule has 0 spiro atoms. The second-order valence-corrected chi connectivity index (χ2v) is 3.57. The van der Waals surface area contributed by atoms with Crippen molar-refractivity contribution in [2.24, 2.45) is 0 Å². The highest BCUT2D eigenvalue weighted by Gasteiger charge is 2.10. The van der Waals surface area contributed by atoms with Crippen molar-refractivity contribution in [2.75, 3.05) is 5.32 Å². The Balaban J connectivity index is 2.13. The third-order valence-corrected chi connectivity index (χ3v) is 2.29. The van der Waals surface area contributed by atoms with E-state index in [9.17, 15) is 9.18 Å². The van der Waals surface area contributed by atoms with Crippen LogP contribution in [0.3, 0.4) is 0 Å². The Labute approximate surface area is 102 Å². The smallest absolute Gasteiger partial charge is 0.341 e. The maximum atomic E-state index is 13.0. The van der Waals surface area contributed by atoms with Gasteiger partial charge in [0.05, 0.1) is 0 Å². The second kappa shape index (κ2) is 5.22. The van der Waals surface area contributed by atoms with E-state index in [1.54, 1.807) is 12.1 Å². The molecule has 18 heavy (non-hydrogen) atoms. The summed E-state index contributed by atoms with van der Waals surface area (Å²) < 4.78 is 13.0. The number of aromatic nitrogens is 2. The first kappa shape index (κ1) is 12.0. The molecule has 0 aliphatic rings. The first-order chi connectivity index (χ1) is 8.66. The summed E-state index contributed by atoms with van der Waals surface area (Å²) in [4.78, 5) is 18.4. The zero-order valence-electron chi connectivity index (χ0n) is 9.30. The molecule has 0 bridgehead atoms. The van der Waals surface area contributed by atoms with Gasteiger partial charge in [0.15, 0.2) is 0 Å². The number of nitrogens with one attached hydrogen (secondary N) is 1. The van der Waals surface area contributed by atoms with Gasteiger partial charge >= 0.3 is 5.97 Å². The van der Waals surface area contributed by atoms with Crippen LogP contribution in [0.5, 0.6) is 0 Å². The molecule has 1 aromatic carbocycles. The molecule has 0 fully saturated rings. The average molecular weight is 247 g/mol. The predicted octanol–water partition coefficient (Wildman–Crippen LogP) is 1.93. The van der Waals surface area contributed by atoms with Crippen LogP contribution in [0.25, 0.3) is 0 Å². The molecule has 5 nitrogen and oxygen atoms in total. The van der Waals surface area contributed by atoms with Crippen LogP contribution in [0.15, 0.2) is 36.8 Å². The summed E-state index contributed by atoms with van der Waals surface area (Å²) in [5.74, 6) is -1.24. The van der Waals surface area contributed by atoms with Crippen LogP contribution >= 0.6 is 0 Å². The number of hydrogen-bond acceptors (Lipinski definition) is 4. The summed E-state index contributed by atoms with van der Waals surface area (Å²) in [5.41, 5.74) is 0.679. The van der Waals surface area contributed by atoms with Crippen molar-refractivity contribution in [3.8, 4) is 0 Å². The number of rotatable bonds is 4. The highest BCUT2D eigenvalue weighted by Crippen LogP contribution is 2.12. The molecular formula is C12H10FN3O2. The fourth-order valence-corrected chi connectivity index (χ4v) is 1.46. The minimum absolute atomic E-state index is 0.0195. The van der Waals surface area contributed by atoms with Crippen molar-refractivity contribution >= 4 is 11.8 Å². The molecule has 0 saturated heterocycles. The summed E-state index contributed by atoms with van der Waals surface area (Å²) in [5, 5.41) is 11.8. The fraction of sp³-hybridized carbons (Fsp3) is 0.0833. The van der Waals surface area contributed by atoms with Crippen molar-refractivity contribution in [3.63, 3.8) is 0 Å². The molecule has 0 amide bonds. The van der Waals surface area contributed by atoms with Crippen LogP contribution in [0.2, 0.25) is 0 Å². The first-order valence-electron chi connectivity index (χ1n) is 5.18. The number of carbonyl (C=O) groups is 1. The van der Waals surface area contributed by atoms with Gasteiger partial charge in [-0.3, -0.25) is 0 Å². The van der Waals surface area contributed by atoms with Crippen molar-refractivity contribution in [3.05, 3.63) is 53.7 Å². The Hall–Kier alpha value is -2.50. The number of benzene rings is 1. The number of carboxylic acid groups (broad SMARTS) is 1. The van der Waals surface area contributed by atoms with Gasteiger partial charge < -0.3 is 10.4 Å². The van der Waals surface area contributed by atoms with E-state index in [4.69, 9.17) is 5.11 Å². The lowest BCUT2D eigenvalue weighted by atomic mass is 10.2. The third kappa shape index (κ3) is 2.79. The molecule has 6 heteroatoms. The number of nitrogens with zero attached hydrogens (tertiary/aromatic N) is 2. The van der Waals surface area contributed by atoms with Crippen LogP contribution in [-0.2, 0) is 6.54 Å². The van der Waals surface area contributed by atoms with Gasteiger partial charge in [0.2, 0.25) is 0 Å². The van der Waals surface area contributed by atoms with Gasteiger partial charge in [-0.05, 0) is 17.7 Å². The number of aromatic carboxylic acids is 1. The van der Waals surface area contributed by atoms with Crippen molar-refractivity contribution < 1.29 is 14.3 Å². The molecule has 1 heterocycles. The van der Waals surface area contributed by atoms with Crippen LogP contribution in [-0.4, -0.2) is 21.0 Å². The Morgan fingerprint density at radius 3 is 3.00 bits per heavy atom. The molecular weight excluding hydrogens is 237 g/mol. The molecule has 2 aromatic rings. The molecule has 0 unspecified atom stereocenters. The zero-order valence-corrected chi connectivity index (χ0v) is 9.30. The lowest BCUT2D eigenvalue weighted by Crippen LogP contribution is -2.08. The highest BCUT2D eigenvalue weighted by molar-refractivity contribution is 5.92. The quantitative estimate of drug-likeness (QED) is 0.863. The van der Waals surface area contributed by atoms with Crippen LogP contribution < -0.4 is 5.32 Å². The summed E-state index contributed by atoms with van der Waals surface area (Å²) in [6.07, 6.45) is 2.46. The van der Waals surface area contributed by atoms with E-state index in [2.05, 4.69) is 15.3 Å². The number of anilines is 1. The monoisotopic (exact) mass is 247 g/mol. The average Bonchev–Trinajstić information content (AvgIpc) is 2.37. The second-order valence-electron chi connectivity index (χ2n) is 3.57. The lowest BCUT2D eigenvalue weighted by Gasteiger charge is -2.07. The van der Waals surface area contributed by atoms with Gasteiger partial charge in [0.25, 0.3) is 0 Å². The van der Waals surface area contributed by atoms with Crippen LogP contribution in [0.4, 0.5) is 10.2 Å². The highest BCUT2D eigenvalue weighted by atomic mass is 19.1. The normalized spacial score (nSPS) is 10.1. The molecule has 0 radical (unpaired) electrons. The molecule has 0 saturated carbocycles. The Morgan fingerprint density at radius 2 is 2.28 bits per heavy atom. The first-order valence-corrected chi connectivity index (χ1v) is 5.18. The van der Waals surface area contributed by atoms with Gasteiger partial charge in [-0.1, -0.05) is 12.1 Å². The maximum Gasteiger partial charge on any atom is 0.341 e. The van der Waals surface area contributed by atoms with Gasteiger partial charge in [-0.25, -0.2) is 19.2 Å². The standard InChI is InChI=1S/C12H10FN3O2/c13-9-3-1-2-8(4-9)5-15-11-10(12(17)18)6-14-7-16-11/h1-4,6-7H,5H2,(H,17,18)(H,14,15,16). The van der Waals surface area contributed by atoms with Gasteiger partial charge in [-0.15, -0.1) is 0 Å². The van der Waals surface area contributed by atoms with Crippen molar-refractivity contribution in [2.45, 2.75) is 6.54 Å². The van der Waals surface area contributed by atoms with Crippen LogP contribution in [0, 0.1) is 5.82 Å². The SMILES string of the molecule is O=C(O)c1cncnc1NCc1cccc(F)c1. The van der Waals surface area contributed by atoms with Gasteiger partial charge in [-0.2, -0.15) is 0 Å². The van der Waals surface area contributed by atoms with Crippen molar-refractivity contribution in [1.29, 1.82) is 0 Å². The molecule has 1 aromatic heterocycles. The molecule has 0 aliphatic carbocycles. The van der Waals surface area contributed by atoms with Crippen LogP contribution in [0.1, 0.15) is 15.9 Å². The Bertz CT molecular complexity index is 575.